The van der Waals surface area contributed by atoms with Gasteiger partial charge in [0.05, 0.1) is 6.61 Å². The lowest BCUT2D eigenvalue weighted by Crippen LogP contribution is -2.19. The Hall–Kier alpha value is -1.80. The molecule has 2 heteroatoms. The molecule has 0 bridgehead atoms. The highest BCUT2D eigenvalue weighted by atomic mass is 16.5. The van der Waals surface area contributed by atoms with E-state index in [0.29, 0.717) is 0 Å². The average Bonchev–Trinajstić information content (AvgIpc) is 2.52. The smallest absolute Gasteiger partial charge is 0.124 e. The maximum Gasteiger partial charge on any atom is 0.124 e. The van der Waals surface area contributed by atoms with E-state index in [4.69, 9.17) is 4.74 Å². The highest BCUT2D eigenvalue weighted by molar-refractivity contribution is 5.35. The topological polar surface area (TPSA) is 21.3 Å². The lowest BCUT2D eigenvalue weighted by molar-refractivity contribution is 0.310. The number of hydrogen-bond acceptors (Lipinski definition) is 2. The Kier molecular flexibility index (Phi) is 5.82. The van der Waals surface area contributed by atoms with Crippen LogP contribution in [0.4, 0.5) is 0 Å². The van der Waals surface area contributed by atoms with Crippen molar-refractivity contribution in [3.8, 4) is 5.75 Å². The van der Waals surface area contributed by atoms with Crippen molar-refractivity contribution in [1.29, 1.82) is 0 Å². The van der Waals surface area contributed by atoms with Crippen LogP contribution in [0.5, 0.6) is 5.75 Å². The quantitative estimate of drug-likeness (QED) is 0.799. The van der Waals surface area contributed by atoms with Gasteiger partial charge in [-0.2, -0.15) is 0 Å². The molecule has 0 radical (unpaired) electrons. The van der Waals surface area contributed by atoms with Crippen molar-refractivity contribution in [2.45, 2.75) is 39.8 Å². The molecule has 2 aromatic carbocycles. The largest absolute Gasteiger partial charge is 0.493 e. The van der Waals surface area contributed by atoms with Crippen molar-refractivity contribution >= 4 is 0 Å². The van der Waals surface area contributed by atoms with Crippen molar-refractivity contribution in [3.05, 3.63) is 65.2 Å². The molecule has 0 heterocycles. The summed E-state index contributed by atoms with van der Waals surface area (Å²) in [6.45, 7) is 8.05. The van der Waals surface area contributed by atoms with Gasteiger partial charge in [0.25, 0.3) is 0 Å². The summed E-state index contributed by atoms with van der Waals surface area (Å²) in [5.74, 6) is 0.989. The second-order valence-electron chi connectivity index (χ2n) is 5.47. The summed E-state index contributed by atoms with van der Waals surface area (Å²) >= 11 is 0. The van der Waals surface area contributed by atoms with Gasteiger partial charge in [0.1, 0.15) is 5.75 Å². The molecule has 21 heavy (non-hydrogen) atoms. The first kappa shape index (κ1) is 15.6. The van der Waals surface area contributed by atoms with E-state index in [1.54, 1.807) is 0 Å². The number of benzene rings is 2. The molecule has 112 valence electrons. The zero-order valence-electron chi connectivity index (χ0n) is 13.2. The minimum atomic E-state index is 0.263. The molecule has 0 amide bonds. The molecule has 0 spiro atoms. The minimum Gasteiger partial charge on any atom is -0.493 e. The predicted octanol–water partition coefficient (Wildman–Crippen LogP) is 4.63. The van der Waals surface area contributed by atoms with E-state index in [0.717, 1.165) is 25.3 Å². The fraction of sp³-hybridized carbons (Fsp3) is 0.368. The van der Waals surface area contributed by atoms with Crippen LogP contribution in [-0.2, 0) is 6.54 Å². The van der Waals surface area contributed by atoms with Gasteiger partial charge >= 0.3 is 0 Å². The molecule has 2 aromatic rings. The number of para-hydroxylation sites is 1. The summed E-state index contributed by atoms with van der Waals surface area (Å²) in [4.78, 5) is 0. The minimum absolute atomic E-state index is 0.263. The highest BCUT2D eigenvalue weighted by Crippen LogP contribution is 2.25. The Morgan fingerprint density at radius 3 is 2.48 bits per heavy atom. The summed E-state index contributed by atoms with van der Waals surface area (Å²) in [7, 11) is 0. The van der Waals surface area contributed by atoms with Gasteiger partial charge in [-0.3, -0.25) is 0 Å². The molecule has 0 aliphatic carbocycles. The molecular formula is C19H25NO. The van der Waals surface area contributed by atoms with Gasteiger partial charge in [-0.15, -0.1) is 0 Å². The van der Waals surface area contributed by atoms with Gasteiger partial charge in [0.15, 0.2) is 0 Å². The third kappa shape index (κ3) is 4.61. The van der Waals surface area contributed by atoms with Crippen molar-refractivity contribution < 1.29 is 4.74 Å². The molecule has 1 atom stereocenters. The summed E-state index contributed by atoms with van der Waals surface area (Å²) in [5, 5.41) is 3.57. The van der Waals surface area contributed by atoms with E-state index in [2.05, 4.69) is 68.6 Å². The number of rotatable bonds is 7. The fourth-order valence-electron chi connectivity index (χ4n) is 2.27. The van der Waals surface area contributed by atoms with Crippen LogP contribution in [-0.4, -0.2) is 6.61 Å². The fourth-order valence-corrected chi connectivity index (χ4v) is 2.27. The van der Waals surface area contributed by atoms with Crippen LogP contribution in [0.25, 0.3) is 0 Å². The zero-order chi connectivity index (χ0) is 15.1. The van der Waals surface area contributed by atoms with Gasteiger partial charge in [-0.05, 0) is 31.9 Å². The number of hydrogen-bond donors (Lipinski definition) is 1. The van der Waals surface area contributed by atoms with Crippen LogP contribution in [0.3, 0.4) is 0 Å². The Morgan fingerprint density at radius 2 is 1.76 bits per heavy atom. The Bertz CT molecular complexity index is 548. The van der Waals surface area contributed by atoms with E-state index in [9.17, 15) is 0 Å². The Labute approximate surface area is 128 Å². The second-order valence-corrected chi connectivity index (χ2v) is 5.47. The lowest BCUT2D eigenvalue weighted by Gasteiger charge is -2.18. The molecular weight excluding hydrogens is 258 g/mol. The molecule has 0 saturated heterocycles. The van der Waals surface area contributed by atoms with E-state index in [1.165, 1.54) is 16.7 Å². The summed E-state index contributed by atoms with van der Waals surface area (Å²) < 4.78 is 5.84. The normalized spacial score (nSPS) is 12.1. The maximum absolute atomic E-state index is 5.84. The monoisotopic (exact) mass is 283 g/mol. The number of aryl methyl sites for hydroxylation is 1. The Morgan fingerprint density at radius 1 is 1.05 bits per heavy atom. The van der Waals surface area contributed by atoms with Crippen LogP contribution in [0, 0.1) is 6.92 Å². The van der Waals surface area contributed by atoms with Gasteiger partial charge in [0, 0.05) is 18.2 Å². The van der Waals surface area contributed by atoms with Crippen molar-refractivity contribution in [2.24, 2.45) is 0 Å². The van der Waals surface area contributed by atoms with Crippen molar-refractivity contribution in [3.63, 3.8) is 0 Å². The summed E-state index contributed by atoms with van der Waals surface area (Å²) in [6, 6.07) is 17.2. The third-order valence-corrected chi connectivity index (χ3v) is 3.58. The van der Waals surface area contributed by atoms with Gasteiger partial charge in [-0.1, -0.05) is 55.0 Å². The first-order chi connectivity index (χ1) is 10.2. The van der Waals surface area contributed by atoms with Crippen LogP contribution >= 0.6 is 0 Å². The molecule has 0 fully saturated rings. The van der Waals surface area contributed by atoms with Crippen LogP contribution < -0.4 is 10.1 Å². The van der Waals surface area contributed by atoms with Gasteiger partial charge in [0.2, 0.25) is 0 Å². The number of ether oxygens (including phenoxy) is 1. The standard InChI is InChI=1S/C19H25NO/c1-4-13-21-19-8-6-5-7-18(19)16(3)20-14-17-11-9-15(2)10-12-17/h5-12,16,20H,4,13-14H2,1-3H3. The maximum atomic E-state index is 5.84. The summed E-state index contributed by atoms with van der Waals surface area (Å²) in [5.41, 5.74) is 3.82. The first-order valence-corrected chi connectivity index (χ1v) is 7.71. The molecule has 1 N–H and O–H groups in total. The first-order valence-electron chi connectivity index (χ1n) is 7.71. The number of nitrogens with one attached hydrogen (secondary N) is 1. The van der Waals surface area contributed by atoms with Crippen LogP contribution in [0.2, 0.25) is 0 Å². The lowest BCUT2D eigenvalue weighted by atomic mass is 10.1. The molecule has 0 saturated carbocycles. The SMILES string of the molecule is CCCOc1ccccc1C(C)NCc1ccc(C)cc1. The van der Waals surface area contributed by atoms with E-state index < -0.39 is 0 Å². The van der Waals surface area contributed by atoms with E-state index >= 15 is 0 Å². The molecule has 1 unspecified atom stereocenters. The van der Waals surface area contributed by atoms with Crippen molar-refractivity contribution in [2.75, 3.05) is 6.61 Å². The van der Waals surface area contributed by atoms with Crippen LogP contribution in [0.15, 0.2) is 48.5 Å². The molecule has 2 rings (SSSR count). The molecule has 0 aliphatic rings. The second kappa shape index (κ2) is 7.84. The van der Waals surface area contributed by atoms with Crippen molar-refractivity contribution in [1.82, 2.24) is 5.32 Å². The highest BCUT2D eigenvalue weighted by Gasteiger charge is 2.10. The Balaban J connectivity index is 1.99. The third-order valence-electron chi connectivity index (χ3n) is 3.58. The average molecular weight is 283 g/mol. The molecule has 0 aliphatic heterocycles. The molecule has 0 aromatic heterocycles. The van der Waals surface area contributed by atoms with E-state index in [-0.39, 0.29) is 6.04 Å². The van der Waals surface area contributed by atoms with Crippen LogP contribution in [0.1, 0.15) is 43.0 Å². The van der Waals surface area contributed by atoms with Gasteiger partial charge in [-0.25, -0.2) is 0 Å². The van der Waals surface area contributed by atoms with E-state index in [1.807, 2.05) is 6.07 Å². The summed E-state index contributed by atoms with van der Waals surface area (Å²) in [6.07, 6.45) is 1.03. The van der Waals surface area contributed by atoms with Gasteiger partial charge < -0.3 is 10.1 Å². The zero-order valence-corrected chi connectivity index (χ0v) is 13.2. The molecule has 2 nitrogen and oxygen atoms in total. The predicted molar refractivity (Wildman–Crippen MR) is 88.7 cm³/mol.